The molecule has 0 amide bonds. The summed E-state index contributed by atoms with van der Waals surface area (Å²) in [6, 6.07) is 0. The molecule has 0 radical (unpaired) electrons. The minimum Gasteiger partial charge on any atom is -0.462 e. The number of ether oxygens (including phenoxy) is 1. The van der Waals surface area contributed by atoms with Gasteiger partial charge in [0.05, 0.1) is 6.26 Å². The second kappa shape index (κ2) is 4.00. The Labute approximate surface area is 95.8 Å². The number of carbonyl (C=O) groups is 1. The lowest BCUT2D eigenvalue weighted by molar-refractivity contribution is -0.152. The Hall–Kier alpha value is -0.620. The predicted octanol–water partition coefficient (Wildman–Crippen LogP) is 0.220. The molecule has 92 valence electrons. The largest absolute Gasteiger partial charge is 0.462 e. The van der Waals surface area contributed by atoms with Crippen LogP contribution < -0.4 is 0 Å². The van der Waals surface area contributed by atoms with Crippen LogP contribution >= 0.6 is 0 Å². The fraction of sp³-hybridized carbons (Fsp3) is 0.900. The number of hydrogen-bond acceptors (Lipinski definition) is 4. The van der Waals surface area contributed by atoms with Crippen LogP contribution in [-0.2, 0) is 19.6 Å². The number of fused-ring (bicyclic) bond motifs is 2. The third-order valence-electron chi connectivity index (χ3n) is 3.48. The lowest BCUT2D eigenvalue weighted by Crippen LogP contribution is -2.48. The Balaban J connectivity index is 2.09. The van der Waals surface area contributed by atoms with Gasteiger partial charge in [-0.3, -0.25) is 4.79 Å². The number of sulfonamides is 1. The molecule has 2 rings (SSSR count). The highest BCUT2D eigenvalue weighted by Gasteiger charge is 2.46. The first-order valence-corrected chi connectivity index (χ1v) is 7.35. The molecule has 0 aromatic rings. The number of piperidine rings is 1. The lowest BCUT2D eigenvalue weighted by atomic mass is 9.96. The highest BCUT2D eigenvalue weighted by Crippen LogP contribution is 2.39. The molecular weight excluding hydrogens is 230 g/mol. The van der Waals surface area contributed by atoms with Crippen LogP contribution in [0.2, 0.25) is 0 Å². The van der Waals surface area contributed by atoms with Gasteiger partial charge in [0.1, 0.15) is 6.10 Å². The molecule has 0 aromatic heterocycles. The first kappa shape index (κ1) is 11.9. The van der Waals surface area contributed by atoms with Gasteiger partial charge in [-0.1, -0.05) is 0 Å². The second-order valence-corrected chi connectivity index (χ2v) is 6.73. The van der Waals surface area contributed by atoms with Crippen molar-refractivity contribution >= 4 is 16.0 Å². The van der Waals surface area contributed by atoms with E-state index in [4.69, 9.17) is 4.74 Å². The summed E-state index contributed by atoms with van der Waals surface area (Å²) < 4.78 is 29.7. The second-order valence-electron chi connectivity index (χ2n) is 4.75. The van der Waals surface area contributed by atoms with Gasteiger partial charge in [0.25, 0.3) is 0 Å². The number of hydrogen-bond donors (Lipinski definition) is 0. The van der Waals surface area contributed by atoms with Crippen molar-refractivity contribution in [3.63, 3.8) is 0 Å². The van der Waals surface area contributed by atoms with E-state index in [1.807, 2.05) is 0 Å². The SMILES string of the molecule is CC(=O)OC1[C@@H]2CC[C@H]1CN(S(C)(=O)=O)C2. The molecule has 5 nitrogen and oxygen atoms in total. The Morgan fingerprint density at radius 2 is 1.75 bits per heavy atom. The van der Waals surface area contributed by atoms with Gasteiger partial charge in [-0.15, -0.1) is 0 Å². The van der Waals surface area contributed by atoms with Gasteiger partial charge < -0.3 is 4.74 Å². The number of esters is 1. The third-order valence-corrected chi connectivity index (χ3v) is 4.72. The van der Waals surface area contributed by atoms with Crippen LogP contribution in [0.5, 0.6) is 0 Å². The average Bonchev–Trinajstić information content (AvgIpc) is 2.40. The monoisotopic (exact) mass is 247 g/mol. The molecule has 3 atom stereocenters. The van der Waals surface area contributed by atoms with Crippen molar-refractivity contribution in [3.8, 4) is 0 Å². The lowest BCUT2D eigenvalue weighted by Gasteiger charge is -2.35. The van der Waals surface area contributed by atoms with Crippen molar-refractivity contribution in [1.29, 1.82) is 0 Å². The van der Waals surface area contributed by atoms with Gasteiger partial charge >= 0.3 is 5.97 Å². The molecule has 2 fully saturated rings. The molecule has 1 saturated heterocycles. The van der Waals surface area contributed by atoms with E-state index in [0.717, 1.165) is 12.8 Å². The van der Waals surface area contributed by atoms with Crippen molar-refractivity contribution in [2.75, 3.05) is 19.3 Å². The van der Waals surface area contributed by atoms with E-state index >= 15 is 0 Å². The van der Waals surface area contributed by atoms with Crippen LogP contribution in [0.4, 0.5) is 0 Å². The van der Waals surface area contributed by atoms with Gasteiger partial charge in [0.2, 0.25) is 10.0 Å². The van der Waals surface area contributed by atoms with Gasteiger partial charge in [-0.2, -0.15) is 0 Å². The molecule has 1 unspecified atom stereocenters. The van der Waals surface area contributed by atoms with Gasteiger partial charge in [0, 0.05) is 31.8 Å². The zero-order chi connectivity index (χ0) is 11.9. The van der Waals surface area contributed by atoms with Crippen molar-refractivity contribution in [1.82, 2.24) is 4.31 Å². The number of rotatable bonds is 2. The molecule has 0 spiro atoms. The Morgan fingerprint density at radius 3 is 2.12 bits per heavy atom. The Kier molecular flexibility index (Phi) is 2.96. The van der Waals surface area contributed by atoms with Crippen molar-refractivity contribution in [2.45, 2.75) is 25.9 Å². The highest BCUT2D eigenvalue weighted by molar-refractivity contribution is 7.88. The van der Waals surface area contributed by atoms with Crippen molar-refractivity contribution in [3.05, 3.63) is 0 Å². The summed E-state index contributed by atoms with van der Waals surface area (Å²) >= 11 is 0. The third kappa shape index (κ3) is 2.22. The van der Waals surface area contributed by atoms with E-state index in [1.165, 1.54) is 17.5 Å². The van der Waals surface area contributed by atoms with E-state index < -0.39 is 10.0 Å². The fourth-order valence-electron chi connectivity index (χ4n) is 2.78. The summed E-state index contributed by atoms with van der Waals surface area (Å²) in [6.45, 7) is 2.39. The van der Waals surface area contributed by atoms with Crippen LogP contribution in [0.25, 0.3) is 0 Å². The summed E-state index contributed by atoms with van der Waals surface area (Å²) in [7, 11) is -3.11. The average molecular weight is 247 g/mol. The smallest absolute Gasteiger partial charge is 0.302 e. The van der Waals surface area contributed by atoms with E-state index in [-0.39, 0.29) is 23.9 Å². The molecule has 2 bridgehead atoms. The maximum atomic E-state index is 11.5. The van der Waals surface area contributed by atoms with E-state index in [9.17, 15) is 13.2 Å². The zero-order valence-corrected chi connectivity index (χ0v) is 10.4. The molecule has 0 N–H and O–H groups in total. The number of carbonyl (C=O) groups excluding carboxylic acids is 1. The van der Waals surface area contributed by atoms with E-state index in [0.29, 0.717) is 13.1 Å². The normalized spacial score (nSPS) is 35.0. The molecule has 1 saturated carbocycles. The van der Waals surface area contributed by atoms with Crippen LogP contribution in [0.1, 0.15) is 19.8 Å². The Bertz CT molecular complexity index is 378. The van der Waals surface area contributed by atoms with Crippen LogP contribution in [0.15, 0.2) is 0 Å². The molecule has 1 aliphatic carbocycles. The van der Waals surface area contributed by atoms with Crippen LogP contribution in [0.3, 0.4) is 0 Å². The molecule has 0 aromatic carbocycles. The van der Waals surface area contributed by atoms with E-state index in [1.54, 1.807) is 0 Å². The molecular formula is C10H17NO4S. The maximum absolute atomic E-state index is 11.5. The maximum Gasteiger partial charge on any atom is 0.302 e. The van der Waals surface area contributed by atoms with Crippen molar-refractivity contribution in [2.24, 2.45) is 11.8 Å². The first-order chi connectivity index (χ1) is 7.38. The summed E-state index contributed by atoms with van der Waals surface area (Å²) in [5, 5.41) is 0. The minimum absolute atomic E-state index is 0.0736. The van der Waals surface area contributed by atoms with Gasteiger partial charge in [-0.05, 0) is 12.8 Å². The van der Waals surface area contributed by atoms with Gasteiger partial charge in [0.15, 0.2) is 0 Å². The molecule has 2 aliphatic rings. The van der Waals surface area contributed by atoms with Crippen molar-refractivity contribution < 1.29 is 17.9 Å². The first-order valence-electron chi connectivity index (χ1n) is 5.50. The standard InChI is InChI=1S/C10H17NO4S/c1-7(12)15-10-8-3-4-9(10)6-11(5-8)16(2,13)14/h8-10H,3-6H2,1-2H3/t8-,9+,10?. The predicted molar refractivity (Wildman–Crippen MR) is 58.2 cm³/mol. The topological polar surface area (TPSA) is 63.7 Å². The molecule has 1 aliphatic heterocycles. The highest BCUT2D eigenvalue weighted by atomic mass is 32.2. The molecule has 6 heteroatoms. The molecule has 16 heavy (non-hydrogen) atoms. The fourth-order valence-corrected chi connectivity index (χ4v) is 3.71. The number of nitrogens with zero attached hydrogens (tertiary/aromatic N) is 1. The van der Waals surface area contributed by atoms with E-state index in [2.05, 4.69) is 0 Å². The quantitative estimate of drug-likeness (QED) is 0.655. The minimum atomic E-state index is -3.11. The summed E-state index contributed by atoms with van der Waals surface area (Å²) in [5.41, 5.74) is 0. The van der Waals surface area contributed by atoms with Crippen LogP contribution in [0, 0.1) is 11.8 Å². The zero-order valence-electron chi connectivity index (χ0n) is 9.55. The Morgan fingerprint density at radius 1 is 1.25 bits per heavy atom. The summed E-state index contributed by atoms with van der Waals surface area (Å²) in [5.74, 6) is 0.0875. The summed E-state index contributed by atoms with van der Waals surface area (Å²) in [6.07, 6.45) is 3.07. The van der Waals surface area contributed by atoms with Gasteiger partial charge in [-0.25, -0.2) is 12.7 Å². The molecule has 1 heterocycles. The van der Waals surface area contributed by atoms with Crippen LogP contribution in [-0.4, -0.2) is 44.1 Å². The summed E-state index contributed by atoms with van der Waals surface area (Å²) in [4.78, 5) is 11.0.